The summed E-state index contributed by atoms with van der Waals surface area (Å²) < 4.78 is 7.11. The van der Waals surface area contributed by atoms with Crippen LogP contribution in [-0.2, 0) is 7.05 Å². The lowest BCUT2D eigenvalue weighted by Crippen LogP contribution is -2.26. The minimum absolute atomic E-state index is 1.24. The lowest BCUT2D eigenvalue weighted by molar-refractivity contribution is -0.643. The third kappa shape index (κ3) is 1.71. The highest BCUT2D eigenvalue weighted by Gasteiger charge is 2.24. The van der Waals surface area contributed by atoms with Crippen LogP contribution in [0.4, 0.5) is 0 Å². The first-order valence-electron chi connectivity index (χ1n) is 11.1. The van der Waals surface area contributed by atoms with Crippen LogP contribution in [0.15, 0.2) is 85.2 Å². The van der Waals surface area contributed by atoms with E-state index in [0.29, 0.717) is 0 Å². The predicted molar refractivity (Wildman–Crippen MR) is 133 cm³/mol. The zero-order valence-electron chi connectivity index (χ0n) is 17.9. The summed E-state index contributed by atoms with van der Waals surface area (Å²) in [6, 6.07) is 26.8. The van der Waals surface area contributed by atoms with Gasteiger partial charge in [0.25, 0.3) is 5.65 Å². The molecular weight excluding hydrogens is 390 g/mol. The molecule has 32 heavy (non-hydrogen) atoms. The number of hydrogen-bond acceptors (Lipinski definition) is 0. The zero-order chi connectivity index (χ0) is 21.1. The predicted octanol–water partition coefficient (Wildman–Crippen LogP) is 6.53. The molecule has 0 aliphatic carbocycles. The zero-order valence-corrected chi connectivity index (χ0v) is 17.9. The molecule has 4 heterocycles. The minimum Gasteiger partial charge on any atom is -0.308 e. The SMILES string of the molecule is Cc1cccc2c3ccc4c(c5cccc6c7ccccc7n4c65)c3n3cc[n+](C)c3c12. The van der Waals surface area contributed by atoms with Crippen LogP contribution in [0.5, 0.6) is 0 Å². The summed E-state index contributed by atoms with van der Waals surface area (Å²) >= 11 is 0. The normalized spacial score (nSPS) is 12.7. The van der Waals surface area contributed by atoms with Gasteiger partial charge >= 0.3 is 0 Å². The number of fused-ring (bicyclic) bond motifs is 13. The molecule has 150 valence electrons. The monoisotopic (exact) mass is 410 g/mol. The Kier molecular flexibility index (Phi) is 2.78. The van der Waals surface area contributed by atoms with E-state index in [4.69, 9.17) is 0 Å². The van der Waals surface area contributed by atoms with Crippen LogP contribution < -0.4 is 4.57 Å². The first-order chi connectivity index (χ1) is 15.7. The number of aryl methyl sites for hydroxylation is 2. The molecular formula is C29H20N3+. The standard InChI is InChI=1S/C29H20N3/c1-17-7-5-9-19-21-13-14-24-26(28(21)31-16-15-30(2)29(31)25(17)19)22-11-6-10-20-18-8-3-4-12-23(18)32(24)27(20)22/h3-16H,1-2H3/q+1. The van der Waals surface area contributed by atoms with Crippen molar-refractivity contribution in [3.8, 4) is 0 Å². The van der Waals surface area contributed by atoms with Crippen molar-refractivity contribution in [1.82, 2.24) is 8.80 Å². The van der Waals surface area contributed by atoms with Gasteiger partial charge in [-0.3, -0.25) is 0 Å². The molecule has 0 bridgehead atoms. The summed E-state index contributed by atoms with van der Waals surface area (Å²) in [5, 5.41) is 9.25. The van der Waals surface area contributed by atoms with Crippen molar-refractivity contribution in [2.45, 2.75) is 6.92 Å². The molecule has 8 aromatic rings. The summed E-state index contributed by atoms with van der Waals surface area (Å²) in [6.07, 6.45) is 4.39. The van der Waals surface area contributed by atoms with Crippen molar-refractivity contribution in [3.05, 3.63) is 90.8 Å². The fourth-order valence-corrected chi connectivity index (χ4v) is 6.11. The Bertz CT molecular complexity index is 2050. The number of nitrogens with zero attached hydrogens (tertiary/aromatic N) is 3. The molecule has 3 nitrogen and oxygen atoms in total. The first-order valence-corrected chi connectivity index (χ1v) is 11.1. The van der Waals surface area contributed by atoms with Crippen LogP contribution in [0, 0.1) is 6.92 Å². The number of imidazole rings is 1. The largest absolute Gasteiger partial charge is 0.308 e. The number of pyridine rings is 1. The molecule has 0 spiro atoms. The summed E-state index contributed by atoms with van der Waals surface area (Å²) in [5.74, 6) is 0. The van der Waals surface area contributed by atoms with E-state index in [1.807, 2.05) is 0 Å². The summed E-state index contributed by atoms with van der Waals surface area (Å²) in [6.45, 7) is 2.22. The lowest BCUT2D eigenvalue weighted by Gasteiger charge is -2.08. The number of para-hydroxylation sites is 2. The number of aromatic nitrogens is 3. The molecule has 0 aliphatic rings. The molecule has 0 radical (unpaired) electrons. The number of rotatable bonds is 0. The van der Waals surface area contributed by atoms with Crippen molar-refractivity contribution in [2.24, 2.45) is 7.05 Å². The van der Waals surface area contributed by atoms with Crippen LogP contribution in [-0.4, -0.2) is 8.80 Å². The van der Waals surface area contributed by atoms with Gasteiger partial charge in [-0.25, -0.2) is 4.57 Å². The van der Waals surface area contributed by atoms with Crippen LogP contribution in [0.3, 0.4) is 0 Å². The minimum atomic E-state index is 1.24. The van der Waals surface area contributed by atoms with E-state index in [-0.39, 0.29) is 0 Å². The molecule has 0 atom stereocenters. The molecule has 0 fully saturated rings. The fourth-order valence-electron chi connectivity index (χ4n) is 6.11. The highest BCUT2D eigenvalue weighted by Crippen LogP contribution is 2.43. The van der Waals surface area contributed by atoms with Gasteiger partial charge in [0.1, 0.15) is 12.4 Å². The Morgan fingerprint density at radius 3 is 2.31 bits per heavy atom. The third-order valence-corrected chi connectivity index (χ3v) is 7.39. The van der Waals surface area contributed by atoms with Gasteiger partial charge in [0.2, 0.25) is 0 Å². The molecule has 0 saturated carbocycles. The molecule has 0 aliphatic heterocycles. The highest BCUT2D eigenvalue weighted by molar-refractivity contribution is 6.30. The maximum absolute atomic E-state index is 2.46. The smallest absolute Gasteiger partial charge is 0.294 e. The van der Waals surface area contributed by atoms with Gasteiger partial charge in [0, 0.05) is 26.9 Å². The molecule has 3 heteroatoms. The first kappa shape index (κ1) is 16.6. The van der Waals surface area contributed by atoms with Gasteiger partial charge in [-0.1, -0.05) is 54.6 Å². The summed E-state index contributed by atoms with van der Waals surface area (Å²) in [7, 11) is 2.15. The van der Waals surface area contributed by atoms with Gasteiger partial charge in [-0.15, -0.1) is 0 Å². The Labute approximate surface area is 183 Å². The highest BCUT2D eigenvalue weighted by atomic mass is 15.1. The Balaban J connectivity index is 1.78. The van der Waals surface area contributed by atoms with Crippen LogP contribution in [0.25, 0.3) is 65.4 Å². The second kappa shape index (κ2) is 5.38. The van der Waals surface area contributed by atoms with E-state index >= 15 is 0 Å². The second-order valence-corrected chi connectivity index (χ2v) is 9.01. The van der Waals surface area contributed by atoms with Gasteiger partial charge in [-0.05, 0) is 30.7 Å². The molecule has 0 amide bonds. The van der Waals surface area contributed by atoms with Crippen molar-refractivity contribution in [3.63, 3.8) is 0 Å². The van der Waals surface area contributed by atoms with E-state index in [2.05, 4.69) is 113 Å². The topological polar surface area (TPSA) is 12.7 Å². The van der Waals surface area contributed by atoms with Crippen molar-refractivity contribution >= 4 is 65.4 Å². The van der Waals surface area contributed by atoms with Crippen molar-refractivity contribution in [2.75, 3.05) is 0 Å². The van der Waals surface area contributed by atoms with Gasteiger partial charge in [0.05, 0.1) is 34.4 Å². The molecule has 8 rings (SSSR count). The van der Waals surface area contributed by atoms with Crippen LogP contribution in [0.2, 0.25) is 0 Å². The second-order valence-electron chi connectivity index (χ2n) is 9.01. The summed E-state index contributed by atoms with van der Waals surface area (Å²) in [4.78, 5) is 0. The molecule has 0 unspecified atom stereocenters. The molecule has 4 aromatic heterocycles. The quantitative estimate of drug-likeness (QED) is 0.199. The fraction of sp³-hybridized carbons (Fsp3) is 0.0690. The van der Waals surface area contributed by atoms with Gasteiger partial charge in [-0.2, -0.15) is 4.40 Å². The Hall–Kier alpha value is -4.11. The molecule has 4 aromatic carbocycles. The van der Waals surface area contributed by atoms with E-state index in [9.17, 15) is 0 Å². The molecule has 0 N–H and O–H groups in total. The van der Waals surface area contributed by atoms with Crippen molar-refractivity contribution < 1.29 is 4.57 Å². The average Bonchev–Trinajstić information content (AvgIpc) is 3.48. The Morgan fingerprint density at radius 1 is 0.625 bits per heavy atom. The van der Waals surface area contributed by atoms with E-state index < -0.39 is 0 Å². The number of hydrogen-bond donors (Lipinski definition) is 0. The van der Waals surface area contributed by atoms with Crippen LogP contribution >= 0.6 is 0 Å². The van der Waals surface area contributed by atoms with Crippen molar-refractivity contribution in [1.29, 1.82) is 0 Å². The van der Waals surface area contributed by atoms with Crippen LogP contribution in [0.1, 0.15) is 5.56 Å². The summed E-state index contributed by atoms with van der Waals surface area (Å²) in [5.41, 5.74) is 7.71. The third-order valence-electron chi connectivity index (χ3n) is 7.39. The Morgan fingerprint density at radius 2 is 1.38 bits per heavy atom. The van der Waals surface area contributed by atoms with Gasteiger partial charge in [0.15, 0.2) is 5.52 Å². The lowest BCUT2D eigenvalue weighted by atomic mass is 9.99. The van der Waals surface area contributed by atoms with E-state index in [1.54, 1.807) is 0 Å². The average molecular weight is 411 g/mol. The van der Waals surface area contributed by atoms with E-state index in [1.165, 1.54) is 71.0 Å². The number of benzene rings is 4. The molecule has 0 saturated heterocycles. The van der Waals surface area contributed by atoms with E-state index in [0.717, 1.165) is 0 Å². The van der Waals surface area contributed by atoms with Gasteiger partial charge < -0.3 is 4.40 Å². The maximum atomic E-state index is 2.46. The maximum Gasteiger partial charge on any atom is 0.294 e.